The lowest BCUT2D eigenvalue weighted by atomic mass is 10.0. The summed E-state index contributed by atoms with van der Waals surface area (Å²) in [4.78, 5) is 16.4. The molecule has 1 aliphatic carbocycles. The van der Waals surface area contributed by atoms with E-state index in [1.807, 2.05) is 12.3 Å². The summed E-state index contributed by atoms with van der Waals surface area (Å²) in [6.07, 6.45) is 4.30. The van der Waals surface area contributed by atoms with Crippen LogP contribution < -0.4 is 5.32 Å². The monoisotopic (exact) mass is 268 g/mol. The van der Waals surface area contributed by atoms with Gasteiger partial charge in [0, 0.05) is 6.20 Å². The summed E-state index contributed by atoms with van der Waals surface area (Å²) in [5, 5.41) is 2.92. The van der Waals surface area contributed by atoms with Gasteiger partial charge in [0.15, 0.2) is 0 Å². The molecular weight excluding hydrogens is 255 g/mol. The Morgan fingerprint density at radius 2 is 1.95 bits per heavy atom. The highest BCUT2D eigenvalue weighted by atomic mass is 19.1. The van der Waals surface area contributed by atoms with E-state index < -0.39 is 0 Å². The molecule has 20 heavy (non-hydrogen) atoms. The molecule has 3 nitrogen and oxygen atoms in total. The van der Waals surface area contributed by atoms with Gasteiger partial charge in [0.05, 0.1) is 16.8 Å². The molecule has 1 aliphatic heterocycles. The van der Waals surface area contributed by atoms with Gasteiger partial charge in [-0.05, 0) is 48.6 Å². The number of benzene rings is 1. The number of amides is 1. The van der Waals surface area contributed by atoms with Crippen molar-refractivity contribution in [1.29, 1.82) is 0 Å². The van der Waals surface area contributed by atoms with Crippen molar-refractivity contribution in [2.45, 2.75) is 24.7 Å². The number of nitrogens with zero attached hydrogens (tertiary/aromatic N) is 1. The van der Waals surface area contributed by atoms with Crippen LogP contribution in [0.5, 0.6) is 0 Å². The minimum atomic E-state index is -0.330. The van der Waals surface area contributed by atoms with Crippen LogP contribution in [-0.4, -0.2) is 10.9 Å². The summed E-state index contributed by atoms with van der Waals surface area (Å²) >= 11 is 0. The van der Waals surface area contributed by atoms with Crippen LogP contribution in [-0.2, 0) is 16.6 Å². The molecule has 1 amide bonds. The maximum atomic E-state index is 12.9. The topological polar surface area (TPSA) is 42.0 Å². The van der Waals surface area contributed by atoms with E-state index in [2.05, 4.69) is 10.3 Å². The number of pyridine rings is 1. The Morgan fingerprint density at radius 1 is 1.20 bits per heavy atom. The van der Waals surface area contributed by atoms with E-state index in [4.69, 9.17) is 0 Å². The number of carbonyl (C=O) groups excluding carboxylic acids is 1. The van der Waals surface area contributed by atoms with E-state index in [1.54, 1.807) is 12.1 Å². The highest BCUT2D eigenvalue weighted by Gasteiger charge is 2.57. The summed E-state index contributed by atoms with van der Waals surface area (Å²) in [5.41, 5.74) is 3.45. The van der Waals surface area contributed by atoms with Gasteiger partial charge in [-0.1, -0.05) is 12.1 Å². The number of aromatic nitrogens is 1. The summed E-state index contributed by atoms with van der Waals surface area (Å²) in [6.45, 7) is 0. The fraction of sp³-hybridized carbons (Fsp3) is 0.250. The average Bonchev–Trinajstić information content (AvgIpc) is 3.18. The minimum Gasteiger partial charge on any atom is -0.324 e. The van der Waals surface area contributed by atoms with Crippen molar-refractivity contribution < 1.29 is 9.18 Å². The Bertz CT molecular complexity index is 705. The summed E-state index contributed by atoms with van der Waals surface area (Å²) in [7, 11) is 0. The number of nitrogens with one attached hydrogen (secondary N) is 1. The molecule has 1 fully saturated rings. The second-order valence-corrected chi connectivity index (χ2v) is 5.58. The zero-order valence-corrected chi connectivity index (χ0v) is 10.8. The van der Waals surface area contributed by atoms with Crippen LogP contribution in [0.1, 0.15) is 29.7 Å². The quantitative estimate of drug-likeness (QED) is 0.910. The van der Waals surface area contributed by atoms with Crippen molar-refractivity contribution in [1.82, 2.24) is 4.98 Å². The number of hydrogen-bond donors (Lipinski definition) is 1. The number of halogens is 1. The Labute approximate surface area is 115 Å². The largest absolute Gasteiger partial charge is 0.324 e. The van der Waals surface area contributed by atoms with Crippen LogP contribution in [0.4, 0.5) is 10.1 Å². The second-order valence-electron chi connectivity index (χ2n) is 5.58. The Hall–Kier alpha value is -2.23. The third kappa shape index (κ3) is 1.64. The van der Waals surface area contributed by atoms with Crippen molar-refractivity contribution in [3.05, 3.63) is 59.2 Å². The van der Waals surface area contributed by atoms with E-state index in [0.717, 1.165) is 35.3 Å². The molecule has 0 unspecified atom stereocenters. The molecule has 4 heteroatoms. The van der Waals surface area contributed by atoms with Crippen molar-refractivity contribution in [3.63, 3.8) is 0 Å². The van der Waals surface area contributed by atoms with E-state index in [-0.39, 0.29) is 17.1 Å². The molecule has 4 rings (SSSR count). The van der Waals surface area contributed by atoms with Crippen LogP contribution in [0.25, 0.3) is 0 Å². The molecule has 2 aliphatic rings. The van der Waals surface area contributed by atoms with Gasteiger partial charge in [0.2, 0.25) is 5.91 Å². The number of anilines is 1. The summed E-state index contributed by atoms with van der Waals surface area (Å²) in [6, 6.07) is 8.43. The predicted molar refractivity (Wildman–Crippen MR) is 73.0 cm³/mol. The normalized spacial score (nSPS) is 17.9. The zero-order valence-electron chi connectivity index (χ0n) is 10.8. The SMILES string of the molecule is O=C1Nc2cc(Cc3ccc(F)cc3)cnc2C12CC2. The van der Waals surface area contributed by atoms with E-state index in [1.165, 1.54) is 12.1 Å². The third-order valence-electron chi connectivity index (χ3n) is 4.15. The summed E-state index contributed by atoms with van der Waals surface area (Å²) < 4.78 is 12.9. The van der Waals surface area contributed by atoms with Gasteiger partial charge in [0.1, 0.15) is 5.82 Å². The fourth-order valence-electron chi connectivity index (χ4n) is 2.86. The molecule has 0 bridgehead atoms. The average molecular weight is 268 g/mol. The molecule has 1 aromatic heterocycles. The lowest BCUT2D eigenvalue weighted by molar-refractivity contribution is -0.117. The first kappa shape index (κ1) is 11.6. The van der Waals surface area contributed by atoms with Gasteiger partial charge >= 0.3 is 0 Å². The van der Waals surface area contributed by atoms with Gasteiger partial charge in [-0.25, -0.2) is 4.39 Å². The first-order valence-corrected chi connectivity index (χ1v) is 6.73. The molecule has 1 N–H and O–H groups in total. The van der Waals surface area contributed by atoms with Gasteiger partial charge in [0.25, 0.3) is 0 Å². The first-order chi connectivity index (χ1) is 9.67. The smallest absolute Gasteiger partial charge is 0.236 e. The lowest BCUT2D eigenvalue weighted by Crippen LogP contribution is -2.18. The minimum absolute atomic E-state index is 0.0823. The van der Waals surface area contributed by atoms with Gasteiger partial charge in [-0.15, -0.1) is 0 Å². The van der Waals surface area contributed by atoms with E-state index >= 15 is 0 Å². The molecule has 1 spiro atoms. The van der Waals surface area contributed by atoms with Crippen LogP contribution in [0.2, 0.25) is 0 Å². The molecule has 1 saturated carbocycles. The molecule has 100 valence electrons. The molecule has 0 radical (unpaired) electrons. The maximum Gasteiger partial charge on any atom is 0.236 e. The van der Waals surface area contributed by atoms with Crippen molar-refractivity contribution in [3.8, 4) is 0 Å². The molecular formula is C16H13FN2O. The maximum absolute atomic E-state index is 12.9. The van der Waals surface area contributed by atoms with Gasteiger partial charge in [-0.3, -0.25) is 9.78 Å². The predicted octanol–water partition coefficient (Wildman–Crippen LogP) is 2.80. The van der Waals surface area contributed by atoms with Crippen molar-refractivity contribution >= 4 is 11.6 Å². The Kier molecular flexibility index (Phi) is 2.25. The first-order valence-electron chi connectivity index (χ1n) is 6.73. The van der Waals surface area contributed by atoms with Crippen LogP contribution >= 0.6 is 0 Å². The highest BCUT2D eigenvalue weighted by Crippen LogP contribution is 2.54. The standard InChI is InChI=1S/C16H13FN2O/c17-12-3-1-10(2-4-12)7-11-8-13-14(18-9-11)16(5-6-16)15(20)19-13/h1-4,8-9H,5-7H2,(H,19,20). The van der Waals surface area contributed by atoms with Crippen LogP contribution in [0, 0.1) is 5.82 Å². The van der Waals surface area contributed by atoms with Crippen LogP contribution in [0.15, 0.2) is 36.5 Å². The Balaban J connectivity index is 1.64. The fourth-order valence-corrected chi connectivity index (χ4v) is 2.86. The molecule has 2 heterocycles. The number of hydrogen-bond acceptors (Lipinski definition) is 2. The number of carbonyl (C=O) groups is 1. The second kappa shape index (κ2) is 3.88. The molecule has 2 aromatic rings. The van der Waals surface area contributed by atoms with Gasteiger partial charge in [-0.2, -0.15) is 0 Å². The molecule has 1 aromatic carbocycles. The third-order valence-corrected chi connectivity index (χ3v) is 4.15. The van der Waals surface area contributed by atoms with Crippen molar-refractivity contribution in [2.24, 2.45) is 0 Å². The molecule has 0 atom stereocenters. The molecule has 0 saturated heterocycles. The number of rotatable bonds is 2. The van der Waals surface area contributed by atoms with E-state index in [0.29, 0.717) is 6.42 Å². The summed E-state index contributed by atoms with van der Waals surface area (Å²) in [5.74, 6) is -0.150. The number of fused-ring (bicyclic) bond motifs is 2. The lowest BCUT2D eigenvalue weighted by Gasteiger charge is -2.06. The zero-order chi connectivity index (χ0) is 13.7. The van der Waals surface area contributed by atoms with Gasteiger partial charge < -0.3 is 5.32 Å². The van der Waals surface area contributed by atoms with Crippen molar-refractivity contribution in [2.75, 3.05) is 5.32 Å². The Morgan fingerprint density at radius 3 is 2.65 bits per heavy atom. The highest BCUT2D eigenvalue weighted by molar-refractivity contribution is 6.07. The van der Waals surface area contributed by atoms with Crippen LogP contribution in [0.3, 0.4) is 0 Å². The van der Waals surface area contributed by atoms with E-state index in [9.17, 15) is 9.18 Å².